The van der Waals surface area contributed by atoms with Gasteiger partial charge in [-0.2, -0.15) is 0 Å². The van der Waals surface area contributed by atoms with Crippen LogP contribution in [0.5, 0.6) is 0 Å². The minimum atomic E-state index is -0.815. The Morgan fingerprint density at radius 3 is 2.33 bits per heavy atom. The number of benzene rings is 2. The molecule has 2 aromatic carbocycles. The molecule has 21 heavy (non-hydrogen) atoms. The minimum Gasteiger partial charge on any atom is -0.271 e. The van der Waals surface area contributed by atoms with Crippen molar-refractivity contribution in [3.8, 4) is 0 Å². The van der Waals surface area contributed by atoms with Crippen molar-refractivity contribution in [2.24, 2.45) is 5.84 Å². The van der Waals surface area contributed by atoms with Crippen LogP contribution in [-0.4, -0.2) is 4.98 Å². The number of nitrogens with one attached hydrogen (secondary N) is 1. The van der Waals surface area contributed by atoms with E-state index in [9.17, 15) is 8.78 Å². The molecular weight excluding hydrogens is 272 g/mol. The number of hydrogen-bond acceptors (Lipinski definition) is 3. The summed E-state index contributed by atoms with van der Waals surface area (Å²) in [5, 5.41) is 0.881. The maximum Gasteiger partial charge on any atom is 0.131 e. The van der Waals surface area contributed by atoms with Gasteiger partial charge in [-0.05, 0) is 18.2 Å². The zero-order valence-electron chi connectivity index (χ0n) is 11.1. The highest BCUT2D eigenvalue weighted by atomic mass is 19.1. The Kier molecular flexibility index (Phi) is 3.60. The van der Waals surface area contributed by atoms with E-state index in [1.807, 2.05) is 18.2 Å². The molecule has 3 rings (SSSR count). The second-order valence-electron chi connectivity index (χ2n) is 4.66. The molecule has 0 amide bonds. The van der Waals surface area contributed by atoms with Crippen LogP contribution >= 0.6 is 0 Å². The summed E-state index contributed by atoms with van der Waals surface area (Å²) in [6, 6.07) is 12.1. The number of halogens is 2. The molecule has 3 nitrogen and oxygen atoms in total. The lowest BCUT2D eigenvalue weighted by molar-refractivity contribution is 0.511. The average Bonchev–Trinajstić information content (AvgIpc) is 2.51. The molecular formula is C16H13F2N3. The van der Waals surface area contributed by atoms with E-state index in [0.717, 1.165) is 5.39 Å². The fourth-order valence-electron chi connectivity index (χ4n) is 2.48. The number of nitrogens with two attached hydrogens (primary N) is 1. The molecule has 3 aromatic rings. The number of rotatable bonds is 3. The van der Waals surface area contributed by atoms with Gasteiger partial charge in [-0.1, -0.05) is 30.3 Å². The third-order valence-electron chi connectivity index (χ3n) is 3.43. The van der Waals surface area contributed by atoms with Crippen molar-refractivity contribution >= 4 is 10.9 Å². The number of hydrogen-bond donors (Lipinski definition) is 2. The molecule has 0 spiro atoms. The van der Waals surface area contributed by atoms with Crippen molar-refractivity contribution in [1.29, 1.82) is 0 Å². The minimum absolute atomic E-state index is 0.113. The highest BCUT2D eigenvalue weighted by molar-refractivity contribution is 5.82. The lowest BCUT2D eigenvalue weighted by atomic mass is 9.96. The van der Waals surface area contributed by atoms with Gasteiger partial charge in [0.1, 0.15) is 11.6 Å². The van der Waals surface area contributed by atoms with E-state index >= 15 is 0 Å². The topological polar surface area (TPSA) is 50.9 Å². The van der Waals surface area contributed by atoms with Crippen molar-refractivity contribution in [3.63, 3.8) is 0 Å². The van der Waals surface area contributed by atoms with Gasteiger partial charge in [-0.3, -0.25) is 10.8 Å². The predicted molar refractivity (Wildman–Crippen MR) is 77.3 cm³/mol. The smallest absolute Gasteiger partial charge is 0.131 e. The predicted octanol–water partition coefficient (Wildman–Crippen LogP) is 3.07. The molecule has 1 atom stereocenters. The summed E-state index contributed by atoms with van der Waals surface area (Å²) in [5.74, 6) is 4.26. The second-order valence-corrected chi connectivity index (χ2v) is 4.66. The zero-order valence-corrected chi connectivity index (χ0v) is 11.1. The molecule has 0 aliphatic carbocycles. The standard InChI is InChI=1S/C16H13F2N3/c17-12-7-2-8-13(18)14(12)16(21-19)11-6-1-4-10-5-3-9-20-15(10)11/h1-9,16,21H,19H2. The summed E-state index contributed by atoms with van der Waals surface area (Å²) in [6.07, 6.45) is 1.64. The van der Waals surface area contributed by atoms with Crippen LogP contribution < -0.4 is 11.3 Å². The monoisotopic (exact) mass is 285 g/mol. The Balaban J connectivity index is 2.24. The lowest BCUT2D eigenvalue weighted by Gasteiger charge is -2.19. The average molecular weight is 285 g/mol. The van der Waals surface area contributed by atoms with Crippen molar-refractivity contribution in [1.82, 2.24) is 10.4 Å². The van der Waals surface area contributed by atoms with Gasteiger partial charge in [0.15, 0.2) is 0 Å². The first-order valence-electron chi connectivity index (χ1n) is 6.46. The fourth-order valence-corrected chi connectivity index (χ4v) is 2.48. The van der Waals surface area contributed by atoms with Crippen LogP contribution in [0.1, 0.15) is 17.2 Å². The first-order valence-corrected chi connectivity index (χ1v) is 6.46. The summed E-state index contributed by atoms with van der Waals surface area (Å²) < 4.78 is 28.0. The summed E-state index contributed by atoms with van der Waals surface area (Å²) in [4.78, 5) is 4.29. The number of para-hydroxylation sites is 1. The van der Waals surface area contributed by atoms with Gasteiger partial charge in [-0.25, -0.2) is 14.2 Å². The summed E-state index contributed by atoms with van der Waals surface area (Å²) >= 11 is 0. The van der Waals surface area contributed by atoms with Crippen molar-refractivity contribution in [3.05, 3.63) is 77.5 Å². The quantitative estimate of drug-likeness (QED) is 0.574. The van der Waals surface area contributed by atoms with Gasteiger partial charge in [0.2, 0.25) is 0 Å². The summed E-state index contributed by atoms with van der Waals surface area (Å²) in [5.41, 5.74) is 3.66. The number of fused-ring (bicyclic) bond motifs is 1. The van der Waals surface area contributed by atoms with Crippen LogP contribution in [0.25, 0.3) is 10.9 Å². The van der Waals surface area contributed by atoms with E-state index in [2.05, 4.69) is 10.4 Å². The number of aromatic nitrogens is 1. The molecule has 0 saturated carbocycles. The van der Waals surface area contributed by atoms with E-state index in [1.54, 1.807) is 18.3 Å². The largest absolute Gasteiger partial charge is 0.271 e. The van der Waals surface area contributed by atoms with Crippen molar-refractivity contribution in [2.75, 3.05) is 0 Å². The third kappa shape index (κ3) is 2.37. The van der Waals surface area contributed by atoms with Gasteiger partial charge >= 0.3 is 0 Å². The van der Waals surface area contributed by atoms with Crippen LogP contribution in [-0.2, 0) is 0 Å². The lowest BCUT2D eigenvalue weighted by Crippen LogP contribution is -2.30. The summed E-state index contributed by atoms with van der Waals surface area (Å²) in [7, 11) is 0. The van der Waals surface area contributed by atoms with Crippen LogP contribution in [0, 0.1) is 11.6 Å². The first-order chi connectivity index (χ1) is 10.2. The molecule has 1 unspecified atom stereocenters. The number of pyridine rings is 1. The Morgan fingerprint density at radius 1 is 0.952 bits per heavy atom. The maximum absolute atomic E-state index is 14.0. The van der Waals surface area contributed by atoms with Crippen molar-refractivity contribution < 1.29 is 8.78 Å². The summed E-state index contributed by atoms with van der Waals surface area (Å²) in [6.45, 7) is 0. The number of nitrogens with zero attached hydrogens (tertiary/aromatic N) is 1. The molecule has 0 aliphatic heterocycles. The van der Waals surface area contributed by atoms with Gasteiger partial charge in [-0.15, -0.1) is 0 Å². The fraction of sp³-hybridized carbons (Fsp3) is 0.0625. The first kappa shape index (κ1) is 13.6. The van der Waals surface area contributed by atoms with E-state index in [0.29, 0.717) is 11.1 Å². The van der Waals surface area contributed by atoms with Gasteiger partial charge in [0, 0.05) is 22.7 Å². The number of hydrazine groups is 1. The molecule has 106 valence electrons. The van der Waals surface area contributed by atoms with Gasteiger partial charge < -0.3 is 0 Å². The Morgan fingerprint density at radius 2 is 1.62 bits per heavy atom. The van der Waals surface area contributed by atoms with Crippen LogP contribution in [0.15, 0.2) is 54.7 Å². The van der Waals surface area contributed by atoms with Crippen molar-refractivity contribution in [2.45, 2.75) is 6.04 Å². The molecule has 1 heterocycles. The van der Waals surface area contributed by atoms with Crippen LogP contribution in [0.3, 0.4) is 0 Å². The molecule has 0 aliphatic rings. The third-order valence-corrected chi connectivity index (χ3v) is 3.43. The van der Waals surface area contributed by atoms with Gasteiger partial charge in [0.25, 0.3) is 0 Å². The molecule has 0 bridgehead atoms. The highest BCUT2D eigenvalue weighted by Crippen LogP contribution is 2.30. The Labute approximate surface area is 120 Å². The van der Waals surface area contributed by atoms with Crippen LogP contribution in [0.4, 0.5) is 8.78 Å². The van der Waals surface area contributed by atoms with E-state index in [-0.39, 0.29) is 5.56 Å². The van der Waals surface area contributed by atoms with Crippen LogP contribution in [0.2, 0.25) is 0 Å². The Bertz CT molecular complexity index is 764. The highest BCUT2D eigenvalue weighted by Gasteiger charge is 2.22. The molecule has 1 aromatic heterocycles. The SMILES string of the molecule is NNC(c1c(F)cccc1F)c1cccc2cccnc12. The van der Waals surface area contributed by atoms with Gasteiger partial charge in [0.05, 0.1) is 11.6 Å². The van der Waals surface area contributed by atoms with E-state index in [1.165, 1.54) is 18.2 Å². The van der Waals surface area contributed by atoms with E-state index < -0.39 is 17.7 Å². The maximum atomic E-state index is 14.0. The molecule has 0 radical (unpaired) electrons. The zero-order chi connectivity index (χ0) is 14.8. The molecule has 5 heteroatoms. The Hall–Kier alpha value is -2.37. The van der Waals surface area contributed by atoms with E-state index in [4.69, 9.17) is 5.84 Å². The second kappa shape index (κ2) is 5.55. The molecule has 3 N–H and O–H groups in total. The molecule has 0 saturated heterocycles. The molecule has 0 fully saturated rings. The normalized spacial score (nSPS) is 12.5.